The molecular formula is C18H33NO2. The van der Waals surface area contributed by atoms with E-state index in [-0.39, 0.29) is 11.7 Å². The lowest BCUT2D eigenvalue weighted by molar-refractivity contribution is -0.228. The molecule has 2 saturated heterocycles. The zero-order valence-electron chi connectivity index (χ0n) is 14.4. The van der Waals surface area contributed by atoms with E-state index in [9.17, 15) is 0 Å². The maximum Gasteiger partial charge on any atom is 0.158 e. The Bertz CT molecular complexity index is 343. The topological polar surface area (TPSA) is 21.7 Å². The van der Waals surface area contributed by atoms with E-state index in [0.717, 1.165) is 26.2 Å². The van der Waals surface area contributed by atoms with Gasteiger partial charge in [0, 0.05) is 24.9 Å². The Balaban J connectivity index is 1.83. The fourth-order valence-electron chi connectivity index (χ4n) is 3.43. The maximum atomic E-state index is 5.91. The third-order valence-corrected chi connectivity index (χ3v) is 4.78. The van der Waals surface area contributed by atoms with E-state index in [1.54, 1.807) is 0 Å². The van der Waals surface area contributed by atoms with Gasteiger partial charge in [0.05, 0.1) is 13.2 Å². The third kappa shape index (κ3) is 4.80. The van der Waals surface area contributed by atoms with Crippen LogP contribution in [0.25, 0.3) is 0 Å². The van der Waals surface area contributed by atoms with Crippen molar-refractivity contribution in [3.05, 3.63) is 12.2 Å². The molecule has 2 aliphatic rings. The molecule has 0 N–H and O–H groups in total. The minimum atomic E-state index is -0.0376. The average Bonchev–Trinajstić information content (AvgIpc) is 2.42. The molecule has 0 aromatic carbocycles. The lowest BCUT2D eigenvalue weighted by Gasteiger charge is -2.42. The van der Waals surface area contributed by atoms with Gasteiger partial charge in [-0.25, -0.2) is 0 Å². The number of nitrogens with zero attached hydrogens (tertiary/aromatic N) is 1. The summed E-state index contributed by atoms with van der Waals surface area (Å²) in [5.41, 5.74) is 1.52. The van der Waals surface area contributed by atoms with Crippen molar-refractivity contribution < 1.29 is 9.47 Å². The summed E-state index contributed by atoms with van der Waals surface area (Å²) in [5, 5.41) is 0. The molecular weight excluding hydrogens is 262 g/mol. The molecule has 2 unspecified atom stereocenters. The highest BCUT2D eigenvalue weighted by Crippen LogP contribution is 2.34. The maximum absolute atomic E-state index is 5.91. The Morgan fingerprint density at radius 2 is 1.95 bits per heavy atom. The molecule has 2 rings (SSSR count). The van der Waals surface area contributed by atoms with Crippen molar-refractivity contribution in [1.29, 1.82) is 0 Å². The van der Waals surface area contributed by atoms with Gasteiger partial charge in [-0.1, -0.05) is 46.3 Å². The number of unbranched alkanes of at least 4 members (excludes halogenated alkanes) is 1. The van der Waals surface area contributed by atoms with E-state index in [1.165, 1.54) is 31.5 Å². The van der Waals surface area contributed by atoms with Crippen molar-refractivity contribution in [2.45, 2.75) is 53.2 Å². The Hall–Kier alpha value is -0.380. The number of hydrogen-bond donors (Lipinski definition) is 0. The molecule has 2 fully saturated rings. The summed E-state index contributed by atoms with van der Waals surface area (Å²) in [5.74, 6) is 1.18. The van der Waals surface area contributed by atoms with E-state index in [1.807, 2.05) is 0 Å². The Kier molecular flexibility index (Phi) is 5.87. The molecule has 0 aromatic rings. The van der Waals surface area contributed by atoms with Crippen molar-refractivity contribution in [3.63, 3.8) is 0 Å². The van der Waals surface area contributed by atoms with Gasteiger partial charge in [0.25, 0.3) is 0 Å². The number of hydrogen-bond acceptors (Lipinski definition) is 3. The molecule has 3 nitrogen and oxygen atoms in total. The largest absolute Gasteiger partial charge is 0.352 e. The van der Waals surface area contributed by atoms with E-state index < -0.39 is 0 Å². The van der Waals surface area contributed by atoms with E-state index in [4.69, 9.17) is 9.47 Å². The molecule has 0 amide bonds. The van der Waals surface area contributed by atoms with Gasteiger partial charge in [-0.05, 0) is 24.8 Å². The molecule has 0 aliphatic carbocycles. The summed E-state index contributed by atoms with van der Waals surface area (Å²) in [6.07, 6.45) is 3.48. The monoisotopic (exact) mass is 295 g/mol. The Morgan fingerprint density at radius 1 is 1.29 bits per heavy atom. The van der Waals surface area contributed by atoms with Gasteiger partial charge in [-0.2, -0.15) is 0 Å². The summed E-state index contributed by atoms with van der Waals surface area (Å²) in [7, 11) is 0. The molecule has 0 radical (unpaired) electrons. The van der Waals surface area contributed by atoms with Crippen LogP contribution in [0.3, 0.4) is 0 Å². The van der Waals surface area contributed by atoms with E-state index >= 15 is 0 Å². The predicted octanol–water partition coefficient (Wildman–Crippen LogP) is 3.70. The first-order valence-corrected chi connectivity index (χ1v) is 8.54. The smallest absolute Gasteiger partial charge is 0.158 e. The van der Waals surface area contributed by atoms with Crippen molar-refractivity contribution in [2.24, 2.45) is 17.3 Å². The van der Waals surface area contributed by atoms with Crippen LogP contribution >= 0.6 is 0 Å². The highest BCUT2D eigenvalue weighted by atomic mass is 16.7. The summed E-state index contributed by atoms with van der Waals surface area (Å²) < 4.78 is 11.8. The SMILES string of the molecule is C=C1CN(CCCC)CC(C)C1CC1OCC(C)(C)CO1. The minimum Gasteiger partial charge on any atom is -0.352 e. The molecule has 0 bridgehead atoms. The summed E-state index contributed by atoms with van der Waals surface area (Å²) in [6, 6.07) is 0. The van der Waals surface area contributed by atoms with Gasteiger partial charge in [-0.3, -0.25) is 4.90 Å². The Morgan fingerprint density at radius 3 is 2.52 bits per heavy atom. The van der Waals surface area contributed by atoms with Crippen LogP contribution in [0.2, 0.25) is 0 Å². The van der Waals surface area contributed by atoms with Gasteiger partial charge in [0.15, 0.2) is 6.29 Å². The van der Waals surface area contributed by atoms with Gasteiger partial charge < -0.3 is 9.47 Å². The van der Waals surface area contributed by atoms with Crippen molar-refractivity contribution in [1.82, 2.24) is 4.90 Å². The first kappa shape index (κ1) is 17.0. The zero-order chi connectivity index (χ0) is 15.5. The lowest BCUT2D eigenvalue weighted by Crippen LogP contribution is -2.44. The standard InChI is InChI=1S/C18H33NO2/c1-6-7-8-19-10-14(2)16(15(3)11-19)9-17-20-12-18(4,5)13-21-17/h15-17H,2,6-13H2,1,3-5H3. The highest BCUT2D eigenvalue weighted by Gasteiger charge is 2.34. The van der Waals surface area contributed by atoms with Crippen molar-refractivity contribution in [3.8, 4) is 0 Å². The summed E-state index contributed by atoms with van der Waals surface area (Å²) in [6.45, 7) is 18.4. The molecule has 2 aliphatic heterocycles. The molecule has 2 heterocycles. The average molecular weight is 295 g/mol. The van der Waals surface area contributed by atoms with E-state index in [2.05, 4.69) is 39.2 Å². The third-order valence-electron chi connectivity index (χ3n) is 4.78. The minimum absolute atomic E-state index is 0.0376. The van der Waals surface area contributed by atoms with Crippen LogP contribution in [0.15, 0.2) is 12.2 Å². The second kappa shape index (κ2) is 7.26. The van der Waals surface area contributed by atoms with Gasteiger partial charge in [-0.15, -0.1) is 0 Å². The zero-order valence-corrected chi connectivity index (χ0v) is 14.4. The second-order valence-electron chi connectivity index (χ2n) is 7.78. The fraction of sp³-hybridized carbons (Fsp3) is 0.889. The quantitative estimate of drug-likeness (QED) is 0.722. The predicted molar refractivity (Wildman–Crippen MR) is 87.2 cm³/mol. The van der Waals surface area contributed by atoms with E-state index in [0.29, 0.717) is 11.8 Å². The summed E-state index contributed by atoms with van der Waals surface area (Å²) in [4.78, 5) is 2.55. The number of ether oxygens (including phenoxy) is 2. The molecule has 0 saturated carbocycles. The molecule has 21 heavy (non-hydrogen) atoms. The van der Waals surface area contributed by atoms with Crippen LogP contribution in [0, 0.1) is 17.3 Å². The van der Waals surface area contributed by atoms with Crippen LogP contribution in [-0.4, -0.2) is 44.0 Å². The highest BCUT2D eigenvalue weighted by molar-refractivity contribution is 5.09. The van der Waals surface area contributed by atoms with Crippen LogP contribution in [0.1, 0.15) is 47.0 Å². The fourth-order valence-corrected chi connectivity index (χ4v) is 3.43. The second-order valence-corrected chi connectivity index (χ2v) is 7.78. The van der Waals surface area contributed by atoms with Crippen molar-refractivity contribution >= 4 is 0 Å². The first-order chi connectivity index (χ1) is 9.91. The van der Waals surface area contributed by atoms with Crippen LogP contribution in [-0.2, 0) is 9.47 Å². The van der Waals surface area contributed by atoms with Gasteiger partial charge in [0.1, 0.15) is 0 Å². The number of piperidine rings is 1. The molecule has 3 heteroatoms. The van der Waals surface area contributed by atoms with Crippen LogP contribution in [0.4, 0.5) is 0 Å². The van der Waals surface area contributed by atoms with Crippen molar-refractivity contribution in [2.75, 3.05) is 32.8 Å². The number of rotatable bonds is 5. The van der Waals surface area contributed by atoms with Gasteiger partial charge >= 0.3 is 0 Å². The summed E-state index contributed by atoms with van der Waals surface area (Å²) >= 11 is 0. The Labute approximate surface area is 130 Å². The normalized spacial score (nSPS) is 31.5. The molecule has 0 spiro atoms. The molecule has 122 valence electrons. The van der Waals surface area contributed by atoms with Crippen LogP contribution in [0.5, 0.6) is 0 Å². The molecule has 2 atom stereocenters. The number of likely N-dealkylation sites (tertiary alicyclic amines) is 1. The van der Waals surface area contributed by atoms with Gasteiger partial charge in [0.2, 0.25) is 0 Å². The molecule has 0 aromatic heterocycles. The van der Waals surface area contributed by atoms with Crippen LogP contribution < -0.4 is 0 Å². The lowest BCUT2D eigenvalue weighted by atomic mass is 9.81. The first-order valence-electron chi connectivity index (χ1n) is 8.54.